The second-order valence-corrected chi connectivity index (χ2v) is 6.47. The Labute approximate surface area is 121 Å². The fourth-order valence-corrected chi connectivity index (χ4v) is 1.87. The van der Waals surface area contributed by atoms with E-state index in [4.69, 9.17) is 4.74 Å². The molecule has 0 bridgehead atoms. The Bertz CT molecular complexity index is 320. The van der Waals surface area contributed by atoms with Crippen molar-refractivity contribution >= 4 is 12.0 Å². The molecular weight excluding hydrogens is 256 g/mol. The first-order valence-electron chi connectivity index (χ1n) is 7.60. The van der Waals surface area contributed by atoms with Gasteiger partial charge in [-0.3, -0.25) is 4.79 Å². The highest BCUT2D eigenvalue weighted by molar-refractivity contribution is 5.75. The van der Waals surface area contributed by atoms with Gasteiger partial charge in [0.25, 0.3) is 0 Å². The van der Waals surface area contributed by atoms with E-state index < -0.39 is 11.7 Å². The number of nitrogens with one attached hydrogen (secondary N) is 2. The Kier molecular flexibility index (Phi) is 6.82. The third kappa shape index (κ3) is 9.64. The van der Waals surface area contributed by atoms with Crippen LogP contribution in [0.5, 0.6) is 0 Å². The van der Waals surface area contributed by atoms with Crippen LogP contribution in [0.1, 0.15) is 59.3 Å². The van der Waals surface area contributed by atoms with Crippen LogP contribution in [-0.2, 0) is 9.53 Å². The molecule has 1 saturated carbocycles. The second-order valence-electron chi connectivity index (χ2n) is 6.47. The molecule has 0 aromatic heterocycles. The molecule has 1 fully saturated rings. The molecule has 0 saturated heterocycles. The number of carbonyl (C=O) groups is 2. The number of hydrogen-bond donors (Lipinski definition) is 2. The maximum absolute atomic E-state index is 11.5. The molecule has 0 atom stereocenters. The highest BCUT2D eigenvalue weighted by Crippen LogP contribution is 2.33. The summed E-state index contributed by atoms with van der Waals surface area (Å²) in [6.07, 6.45) is 5.69. The molecule has 1 aliphatic carbocycles. The number of ether oxygens (including phenoxy) is 1. The van der Waals surface area contributed by atoms with Crippen LogP contribution >= 0.6 is 0 Å². The van der Waals surface area contributed by atoms with Crippen molar-refractivity contribution in [1.82, 2.24) is 10.6 Å². The van der Waals surface area contributed by atoms with Crippen LogP contribution < -0.4 is 10.6 Å². The minimum absolute atomic E-state index is 0.0618. The fourth-order valence-electron chi connectivity index (χ4n) is 1.87. The van der Waals surface area contributed by atoms with Crippen molar-refractivity contribution in [2.75, 3.05) is 13.1 Å². The van der Waals surface area contributed by atoms with Gasteiger partial charge in [0.2, 0.25) is 5.91 Å². The van der Waals surface area contributed by atoms with Crippen molar-refractivity contribution in [1.29, 1.82) is 0 Å². The molecular formula is C15H28N2O3. The average molecular weight is 284 g/mol. The first-order valence-corrected chi connectivity index (χ1v) is 7.60. The number of amides is 2. The van der Waals surface area contributed by atoms with E-state index in [2.05, 4.69) is 10.6 Å². The summed E-state index contributed by atoms with van der Waals surface area (Å²) in [5.74, 6) is 0.983. The summed E-state index contributed by atoms with van der Waals surface area (Å²) in [5, 5.41) is 5.55. The van der Waals surface area contributed by atoms with Gasteiger partial charge in [0.1, 0.15) is 5.60 Å². The van der Waals surface area contributed by atoms with Gasteiger partial charge in [0, 0.05) is 19.5 Å². The van der Waals surface area contributed by atoms with Crippen LogP contribution in [0.2, 0.25) is 0 Å². The van der Waals surface area contributed by atoms with E-state index in [0.29, 0.717) is 19.4 Å². The van der Waals surface area contributed by atoms with Crippen molar-refractivity contribution < 1.29 is 14.3 Å². The molecule has 0 aromatic carbocycles. The van der Waals surface area contributed by atoms with Crippen LogP contribution in [0, 0.1) is 5.92 Å². The Morgan fingerprint density at radius 3 is 2.35 bits per heavy atom. The highest BCUT2D eigenvalue weighted by atomic mass is 16.6. The van der Waals surface area contributed by atoms with Gasteiger partial charge < -0.3 is 15.4 Å². The van der Waals surface area contributed by atoms with Crippen molar-refractivity contribution in [2.24, 2.45) is 5.92 Å². The minimum atomic E-state index is -0.483. The monoisotopic (exact) mass is 284 g/mol. The summed E-state index contributed by atoms with van der Waals surface area (Å²) in [7, 11) is 0. The maximum atomic E-state index is 11.5. The van der Waals surface area contributed by atoms with Crippen molar-refractivity contribution in [3.8, 4) is 0 Å². The lowest BCUT2D eigenvalue weighted by Crippen LogP contribution is -2.33. The summed E-state index contributed by atoms with van der Waals surface area (Å²) in [6, 6.07) is 0. The van der Waals surface area contributed by atoms with Gasteiger partial charge in [-0.05, 0) is 46.0 Å². The Morgan fingerprint density at radius 1 is 1.10 bits per heavy atom. The van der Waals surface area contributed by atoms with E-state index in [9.17, 15) is 9.59 Å². The first-order chi connectivity index (χ1) is 9.37. The van der Waals surface area contributed by atoms with Gasteiger partial charge in [-0.1, -0.05) is 12.8 Å². The van der Waals surface area contributed by atoms with Gasteiger partial charge in [-0.15, -0.1) is 0 Å². The van der Waals surface area contributed by atoms with E-state index in [1.54, 1.807) is 0 Å². The number of hydrogen-bond acceptors (Lipinski definition) is 3. The molecule has 0 aromatic rings. The Balaban J connectivity index is 1.91. The van der Waals surface area contributed by atoms with Crippen LogP contribution in [0.25, 0.3) is 0 Å². The minimum Gasteiger partial charge on any atom is -0.444 e. The standard InChI is InChI=1S/C15H28N2O3/c1-15(2,3)20-14(19)17-11-5-7-13(18)16-10-4-6-12-8-9-12/h12H,4-11H2,1-3H3,(H,16,18)(H,17,19). The molecule has 20 heavy (non-hydrogen) atoms. The van der Waals surface area contributed by atoms with E-state index in [0.717, 1.165) is 18.9 Å². The van der Waals surface area contributed by atoms with Crippen LogP contribution in [0.3, 0.4) is 0 Å². The highest BCUT2D eigenvalue weighted by Gasteiger charge is 2.20. The summed E-state index contributed by atoms with van der Waals surface area (Å²) in [6.45, 7) is 6.70. The number of alkyl carbamates (subject to hydrolysis) is 1. The summed E-state index contributed by atoms with van der Waals surface area (Å²) < 4.78 is 5.10. The van der Waals surface area contributed by atoms with Crippen LogP contribution in [0.15, 0.2) is 0 Å². The molecule has 2 amide bonds. The third-order valence-electron chi connectivity index (χ3n) is 3.06. The zero-order valence-electron chi connectivity index (χ0n) is 13.0. The largest absolute Gasteiger partial charge is 0.444 e. The van der Waals surface area contributed by atoms with Crippen molar-refractivity contribution in [2.45, 2.75) is 64.9 Å². The molecule has 0 spiro atoms. The van der Waals surface area contributed by atoms with Gasteiger partial charge in [-0.2, -0.15) is 0 Å². The number of carbonyl (C=O) groups excluding carboxylic acids is 2. The van der Waals surface area contributed by atoms with E-state index in [1.165, 1.54) is 19.3 Å². The molecule has 5 nitrogen and oxygen atoms in total. The normalized spacial score (nSPS) is 14.8. The van der Waals surface area contributed by atoms with Crippen LogP contribution in [0.4, 0.5) is 4.79 Å². The maximum Gasteiger partial charge on any atom is 0.407 e. The lowest BCUT2D eigenvalue weighted by Gasteiger charge is -2.19. The zero-order chi connectivity index (χ0) is 15.0. The topological polar surface area (TPSA) is 67.4 Å². The van der Waals surface area contributed by atoms with Gasteiger partial charge >= 0.3 is 6.09 Å². The molecule has 0 unspecified atom stereocenters. The van der Waals surface area contributed by atoms with Gasteiger partial charge in [0.05, 0.1) is 0 Å². The summed E-state index contributed by atoms with van der Waals surface area (Å²) >= 11 is 0. The zero-order valence-corrected chi connectivity index (χ0v) is 13.0. The van der Waals surface area contributed by atoms with Crippen molar-refractivity contribution in [3.63, 3.8) is 0 Å². The molecule has 5 heteroatoms. The molecule has 116 valence electrons. The fraction of sp³-hybridized carbons (Fsp3) is 0.867. The molecule has 1 rings (SSSR count). The van der Waals surface area contributed by atoms with E-state index in [-0.39, 0.29) is 5.91 Å². The molecule has 0 heterocycles. The molecule has 0 aliphatic heterocycles. The summed E-state index contributed by atoms with van der Waals surface area (Å²) in [4.78, 5) is 22.9. The van der Waals surface area contributed by atoms with Crippen LogP contribution in [-0.4, -0.2) is 30.7 Å². The summed E-state index contributed by atoms with van der Waals surface area (Å²) in [5.41, 5.74) is -0.483. The smallest absolute Gasteiger partial charge is 0.407 e. The van der Waals surface area contributed by atoms with Crippen molar-refractivity contribution in [3.05, 3.63) is 0 Å². The van der Waals surface area contributed by atoms with E-state index >= 15 is 0 Å². The first kappa shape index (κ1) is 16.8. The molecule has 2 N–H and O–H groups in total. The SMILES string of the molecule is CC(C)(C)OC(=O)NCCCC(=O)NCCCC1CC1. The van der Waals surface area contributed by atoms with Gasteiger partial charge in [-0.25, -0.2) is 4.79 Å². The molecule has 1 aliphatic rings. The predicted molar refractivity (Wildman–Crippen MR) is 78.4 cm³/mol. The van der Waals surface area contributed by atoms with E-state index in [1.807, 2.05) is 20.8 Å². The Morgan fingerprint density at radius 2 is 1.75 bits per heavy atom. The third-order valence-corrected chi connectivity index (χ3v) is 3.06. The second kappa shape index (κ2) is 8.12. The lowest BCUT2D eigenvalue weighted by atomic mass is 10.2. The lowest BCUT2D eigenvalue weighted by molar-refractivity contribution is -0.121. The number of rotatable bonds is 8. The predicted octanol–water partition coefficient (Wildman–Crippen LogP) is 2.60. The quantitative estimate of drug-likeness (QED) is 0.673. The average Bonchev–Trinajstić information content (AvgIpc) is 3.12. The molecule has 0 radical (unpaired) electrons. The Hall–Kier alpha value is -1.26. The van der Waals surface area contributed by atoms with Gasteiger partial charge in [0.15, 0.2) is 0 Å².